The Hall–Kier alpha value is -3.85. The number of nitrogens with zero attached hydrogens (tertiary/aromatic N) is 1. The molecule has 0 aliphatic heterocycles. The highest BCUT2D eigenvalue weighted by atomic mass is 32.2. The van der Waals surface area contributed by atoms with Gasteiger partial charge in [-0.1, -0.05) is 39.0 Å². The van der Waals surface area contributed by atoms with Gasteiger partial charge in [-0.15, -0.1) is 0 Å². The molecule has 0 saturated carbocycles. The Morgan fingerprint density at radius 1 is 0.889 bits per heavy atom. The molecule has 0 heterocycles. The largest absolute Gasteiger partial charge is 0.484 e. The second-order valence-electron chi connectivity index (χ2n) is 9.42. The van der Waals surface area contributed by atoms with Gasteiger partial charge in [0.1, 0.15) is 5.75 Å². The van der Waals surface area contributed by atoms with Gasteiger partial charge in [-0.3, -0.25) is 13.9 Å². The van der Waals surface area contributed by atoms with Gasteiger partial charge in [0, 0.05) is 24.0 Å². The van der Waals surface area contributed by atoms with E-state index in [9.17, 15) is 18.0 Å². The number of carbonyl (C=O) groups is 2. The van der Waals surface area contributed by atoms with E-state index >= 15 is 0 Å². The third-order valence-electron chi connectivity index (χ3n) is 5.49. The van der Waals surface area contributed by atoms with Gasteiger partial charge in [0.25, 0.3) is 11.8 Å². The van der Waals surface area contributed by atoms with Gasteiger partial charge in [0.05, 0.1) is 11.9 Å². The maximum atomic E-state index is 12.6. The molecule has 0 bridgehead atoms. The summed E-state index contributed by atoms with van der Waals surface area (Å²) < 4.78 is 29.9. The van der Waals surface area contributed by atoms with E-state index < -0.39 is 10.0 Å². The van der Waals surface area contributed by atoms with E-state index in [4.69, 9.17) is 4.74 Å². The van der Waals surface area contributed by atoms with Gasteiger partial charge >= 0.3 is 0 Å². The molecule has 0 unspecified atom stereocenters. The molecule has 0 saturated heterocycles. The fourth-order valence-corrected chi connectivity index (χ4v) is 3.79. The zero-order valence-electron chi connectivity index (χ0n) is 21.0. The maximum Gasteiger partial charge on any atom is 0.262 e. The second kappa shape index (κ2) is 10.8. The summed E-state index contributed by atoms with van der Waals surface area (Å²) >= 11 is 0. The first-order chi connectivity index (χ1) is 16.8. The lowest BCUT2D eigenvalue weighted by atomic mass is 9.87. The lowest BCUT2D eigenvalue weighted by Crippen LogP contribution is -2.24. The van der Waals surface area contributed by atoms with Gasteiger partial charge in [0.2, 0.25) is 10.0 Å². The zero-order valence-corrected chi connectivity index (χ0v) is 21.8. The molecule has 0 fully saturated rings. The van der Waals surface area contributed by atoms with Crippen LogP contribution in [0, 0.1) is 0 Å². The molecule has 0 aromatic heterocycles. The van der Waals surface area contributed by atoms with E-state index in [1.165, 1.54) is 7.05 Å². The molecule has 3 aromatic carbocycles. The Kier molecular flexibility index (Phi) is 8.04. The summed E-state index contributed by atoms with van der Waals surface area (Å²) in [6.45, 7) is 6.11. The lowest BCUT2D eigenvalue weighted by molar-refractivity contribution is -0.118. The Morgan fingerprint density at radius 2 is 1.47 bits per heavy atom. The van der Waals surface area contributed by atoms with E-state index in [0.717, 1.165) is 16.1 Å². The fourth-order valence-electron chi connectivity index (χ4n) is 3.29. The van der Waals surface area contributed by atoms with Crippen LogP contribution in [0.25, 0.3) is 0 Å². The average molecular weight is 510 g/mol. The van der Waals surface area contributed by atoms with Crippen LogP contribution >= 0.6 is 0 Å². The van der Waals surface area contributed by atoms with Crippen LogP contribution in [0.3, 0.4) is 0 Å². The summed E-state index contributed by atoms with van der Waals surface area (Å²) in [6, 6.07) is 20.7. The van der Waals surface area contributed by atoms with Crippen molar-refractivity contribution in [2.75, 3.05) is 34.8 Å². The average Bonchev–Trinajstić information content (AvgIpc) is 2.82. The van der Waals surface area contributed by atoms with Crippen molar-refractivity contribution < 1.29 is 22.7 Å². The smallest absolute Gasteiger partial charge is 0.262 e. The van der Waals surface area contributed by atoms with Crippen LogP contribution in [-0.4, -0.2) is 40.1 Å². The Balaban J connectivity index is 1.55. The highest BCUT2D eigenvalue weighted by Gasteiger charge is 2.15. The first-order valence-corrected chi connectivity index (χ1v) is 13.2. The van der Waals surface area contributed by atoms with Gasteiger partial charge < -0.3 is 15.4 Å². The van der Waals surface area contributed by atoms with Gasteiger partial charge in [-0.05, 0) is 65.6 Å². The predicted molar refractivity (Wildman–Crippen MR) is 143 cm³/mol. The van der Waals surface area contributed by atoms with Crippen molar-refractivity contribution >= 4 is 38.9 Å². The minimum atomic E-state index is -3.36. The molecule has 0 aliphatic carbocycles. The SMILES string of the molecule is CN(c1ccc(OCC(=O)Nc2cccc(NC(=O)c3ccc(C(C)(C)C)cc3)c2)cc1)S(C)(=O)=O. The minimum Gasteiger partial charge on any atom is -0.484 e. The minimum absolute atomic E-state index is 0.00363. The molecule has 0 radical (unpaired) electrons. The van der Waals surface area contributed by atoms with Crippen LogP contribution in [0.1, 0.15) is 36.7 Å². The summed E-state index contributed by atoms with van der Waals surface area (Å²) in [5.41, 5.74) is 3.23. The van der Waals surface area contributed by atoms with E-state index in [1.54, 1.807) is 60.7 Å². The Morgan fingerprint density at radius 3 is 2.03 bits per heavy atom. The van der Waals surface area contributed by atoms with Crippen molar-refractivity contribution in [3.05, 3.63) is 83.9 Å². The fraction of sp³-hybridized carbons (Fsp3) is 0.259. The number of benzene rings is 3. The molecule has 0 atom stereocenters. The third-order valence-corrected chi connectivity index (χ3v) is 6.69. The standard InChI is InChI=1S/C27H31N3O5S/c1-27(2,3)20-11-9-19(10-12-20)26(32)29-22-8-6-7-21(17-22)28-25(31)18-35-24-15-13-23(14-16-24)30(4)36(5,33)34/h6-17H,18H2,1-5H3,(H,28,31)(H,29,32). The molecule has 8 nitrogen and oxygen atoms in total. The van der Waals surface area contributed by atoms with Gasteiger partial charge in [0.15, 0.2) is 6.61 Å². The molecule has 2 N–H and O–H groups in total. The van der Waals surface area contributed by atoms with Crippen LogP contribution in [0.2, 0.25) is 0 Å². The highest BCUT2D eigenvalue weighted by Crippen LogP contribution is 2.23. The van der Waals surface area contributed by atoms with Crippen molar-refractivity contribution in [2.45, 2.75) is 26.2 Å². The summed E-state index contributed by atoms with van der Waals surface area (Å²) in [5, 5.41) is 5.58. The van der Waals surface area contributed by atoms with Crippen LogP contribution in [0.4, 0.5) is 17.1 Å². The Labute approximate surface area is 212 Å². The number of rotatable bonds is 8. The van der Waals surface area contributed by atoms with Crippen molar-refractivity contribution in [3.63, 3.8) is 0 Å². The monoisotopic (exact) mass is 509 g/mol. The van der Waals surface area contributed by atoms with E-state index in [-0.39, 0.29) is 23.8 Å². The summed E-state index contributed by atoms with van der Waals surface area (Å²) in [6.07, 6.45) is 1.12. The van der Waals surface area contributed by atoms with Gasteiger partial charge in [-0.25, -0.2) is 8.42 Å². The first-order valence-electron chi connectivity index (χ1n) is 11.3. The lowest BCUT2D eigenvalue weighted by Gasteiger charge is -2.19. The molecule has 3 rings (SSSR count). The maximum absolute atomic E-state index is 12.6. The van der Waals surface area contributed by atoms with Crippen LogP contribution in [0.15, 0.2) is 72.8 Å². The van der Waals surface area contributed by atoms with Gasteiger partial charge in [-0.2, -0.15) is 0 Å². The molecule has 2 amide bonds. The van der Waals surface area contributed by atoms with Crippen LogP contribution < -0.4 is 19.7 Å². The van der Waals surface area contributed by atoms with Crippen molar-refractivity contribution in [1.82, 2.24) is 0 Å². The van der Waals surface area contributed by atoms with Crippen molar-refractivity contribution in [3.8, 4) is 5.75 Å². The summed E-state index contributed by atoms with van der Waals surface area (Å²) in [4.78, 5) is 25.0. The molecule has 190 valence electrons. The zero-order chi connectivity index (χ0) is 26.5. The van der Waals surface area contributed by atoms with Crippen LogP contribution in [0.5, 0.6) is 5.75 Å². The summed E-state index contributed by atoms with van der Waals surface area (Å²) in [5.74, 6) is -0.199. The number of sulfonamides is 1. The molecular formula is C27H31N3O5S. The predicted octanol–water partition coefficient (Wildman–Crippen LogP) is 4.65. The number of amides is 2. The molecule has 36 heavy (non-hydrogen) atoms. The van der Waals surface area contributed by atoms with E-state index in [1.807, 2.05) is 12.1 Å². The number of ether oxygens (including phenoxy) is 1. The summed E-state index contributed by atoms with van der Waals surface area (Å²) in [7, 11) is -1.91. The second-order valence-corrected chi connectivity index (χ2v) is 11.4. The number of carbonyl (C=O) groups excluding carboxylic acids is 2. The third kappa shape index (κ3) is 7.32. The number of hydrogen-bond donors (Lipinski definition) is 2. The number of hydrogen-bond acceptors (Lipinski definition) is 5. The van der Waals surface area contributed by atoms with Crippen molar-refractivity contribution in [2.24, 2.45) is 0 Å². The number of anilines is 3. The van der Waals surface area contributed by atoms with Crippen molar-refractivity contribution in [1.29, 1.82) is 0 Å². The molecular weight excluding hydrogens is 478 g/mol. The Bertz CT molecular complexity index is 1330. The van der Waals surface area contributed by atoms with E-state index in [0.29, 0.717) is 28.4 Å². The topological polar surface area (TPSA) is 105 Å². The van der Waals surface area contributed by atoms with E-state index in [2.05, 4.69) is 31.4 Å². The molecule has 9 heteroatoms. The molecule has 0 aliphatic rings. The molecule has 0 spiro atoms. The van der Waals surface area contributed by atoms with Crippen LogP contribution in [-0.2, 0) is 20.2 Å². The number of nitrogens with one attached hydrogen (secondary N) is 2. The normalized spacial score (nSPS) is 11.5. The quantitative estimate of drug-likeness (QED) is 0.460. The highest BCUT2D eigenvalue weighted by molar-refractivity contribution is 7.92. The molecule has 3 aromatic rings. The first kappa shape index (κ1) is 26.7.